The van der Waals surface area contributed by atoms with E-state index in [1.165, 1.54) is 4.57 Å². The van der Waals surface area contributed by atoms with Crippen LogP contribution in [0.4, 0.5) is 14.9 Å². The molecule has 5 rings (SSSR count). The summed E-state index contributed by atoms with van der Waals surface area (Å²) < 4.78 is 39.1. The molecule has 0 bridgehead atoms. The van der Waals surface area contributed by atoms with Gasteiger partial charge in [-0.1, -0.05) is 0 Å². The van der Waals surface area contributed by atoms with Gasteiger partial charge in [0, 0.05) is 46.4 Å². The Labute approximate surface area is 181 Å². The monoisotopic (exact) mass is 456 g/mol. The summed E-state index contributed by atoms with van der Waals surface area (Å²) in [6, 6.07) is 11.1. The van der Waals surface area contributed by atoms with E-state index < -0.39 is 20.7 Å². The van der Waals surface area contributed by atoms with Gasteiger partial charge in [0.25, 0.3) is 0 Å². The van der Waals surface area contributed by atoms with Gasteiger partial charge in [0.05, 0.1) is 5.52 Å². The third kappa shape index (κ3) is 3.32. The van der Waals surface area contributed by atoms with Crippen molar-refractivity contribution in [2.24, 2.45) is 5.14 Å². The second-order valence-corrected chi connectivity index (χ2v) is 10.1. The molecular weight excluding hydrogens is 439 g/mol. The molecule has 10 heteroatoms. The number of aryl methyl sites for hydroxylation is 1. The molecule has 3 heterocycles. The number of benzene rings is 2. The van der Waals surface area contributed by atoms with Crippen molar-refractivity contribution in [2.75, 3.05) is 11.4 Å². The van der Waals surface area contributed by atoms with Crippen molar-refractivity contribution in [3.05, 3.63) is 65.0 Å². The number of hydrogen-bond acceptors (Lipinski definition) is 5. The van der Waals surface area contributed by atoms with Crippen molar-refractivity contribution in [3.63, 3.8) is 0 Å². The number of thiazole rings is 1. The summed E-state index contributed by atoms with van der Waals surface area (Å²) in [5.74, 6) is -0.935. The first-order chi connectivity index (χ1) is 14.7. The van der Waals surface area contributed by atoms with Crippen molar-refractivity contribution in [2.45, 2.75) is 18.2 Å². The fraction of sp³-hybridized carbons (Fsp3) is 0.143. The van der Waals surface area contributed by atoms with Crippen LogP contribution < -0.4 is 10.0 Å². The van der Waals surface area contributed by atoms with Gasteiger partial charge >= 0.3 is 6.03 Å². The van der Waals surface area contributed by atoms with E-state index in [0.29, 0.717) is 35.2 Å². The van der Waals surface area contributed by atoms with Crippen LogP contribution in [0.15, 0.2) is 53.6 Å². The van der Waals surface area contributed by atoms with Crippen molar-refractivity contribution in [3.8, 4) is 10.6 Å². The number of amides is 1. The zero-order valence-corrected chi connectivity index (χ0v) is 18.0. The highest BCUT2D eigenvalue weighted by molar-refractivity contribution is 7.89. The van der Waals surface area contributed by atoms with Gasteiger partial charge in [-0.05, 0) is 49.4 Å². The van der Waals surface area contributed by atoms with Crippen LogP contribution in [0.1, 0.15) is 10.6 Å². The van der Waals surface area contributed by atoms with Gasteiger partial charge in [-0.15, -0.1) is 11.3 Å². The quantitative estimate of drug-likeness (QED) is 0.506. The van der Waals surface area contributed by atoms with E-state index in [2.05, 4.69) is 4.98 Å². The molecule has 7 nitrogen and oxygen atoms in total. The molecule has 0 atom stereocenters. The number of carbonyl (C=O) groups excluding carboxylic acids is 1. The van der Waals surface area contributed by atoms with E-state index in [9.17, 15) is 17.6 Å². The van der Waals surface area contributed by atoms with Crippen LogP contribution in [-0.4, -0.2) is 30.5 Å². The van der Waals surface area contributed by atoms with E-state index in [-0.39, 0.29) is 6.03 Å². The largest absolute Gasteiger partial charge is 0.333 e. The summed E-state index contributed by atoms with van der Waals surface area (Å²) in [5, 5.41) is 6.49. The van der Waals surface area contributed by atoms with Gasteiger partial charge in [0.1, 0.15) is 15.7 Å². The van der Waals surface area contributed by atoms with Gasteiger partial charge in [-0.25, -0.2) is 27.7 Å². The Morgan fingerprint density at radius 3 is 2.55 bits per heavy atom. The van der Waals surface area contributed by atoms with Crippen molar-refractivity contribution in [1.29, 1.82) is 0 Å². The second-order valence-electron chi connectivity index (χ2n) is 7.36. The lowest BCUT2D eigenvalue weighted by Gasteiger charge is -2.29. The summed E-state index contributed by atoms with van der Waals surface area (Å²) >= 11 is 1.59. The van der Waals surface area contributed by atoms with Gasteiger partial charge < -0.3 is 0 Å². The average molecular weight is 457 g/mol. The second kappa shape index (κ2) is 6.98. The molecule has 0 unspecified atom stereocenters. The van der Waals surface area contributed by atoms with Crippen LogP contribution in [0.25, 0.3) is 21.5 Å². The van der Waals surface area contributed by atoms with Gasteiger partial charge in [0.15, 0.2) is 0 Å². The fourth-order valence-corrected chi connectivity index (χ4v) is 5.22. The van der Waals surface area contributed by atoms with Gasteiger partial charge in [0.2, 0.25) is 10.0 Å². The average Bonchev–Trinajstić information content (AvgIpc) is 3.30. The van der Waals surface area contributed by atoms with Crippen LogP contribution in [0.2, 0.25) is 0 Å². The molecule has 0 saturated carbocycles. The van der Waals surface area contributed by atoms with E-state index in [1.807, 2.05) is 37.4 Å². The number of rotatable bonds is 3. The van der Waals surface area contributed by atoms with Crippen LogP contribution in [0.3, 0.4) is 0 Å². The Hall–Kier alpha value is -3.08. The summed E-state index contributed by atoms with van der Waals surface area (Å²) in [5.41, 5.74) is 2.68. The molecule has 0 radical (unpaired) electrons. The Kier molecular flexibility index (Phi) is 4.47. The lowest BCUT2D eigenvalue weighted by atomic mass is 10.1. The van der Waals surface area contributed by atoms with Crippen LogP contribution in [0, 0.1) is 12.7 Å². The summed E-state index contributed by atoms with van der Waals surface area (Å²) in [6.45, 7) is 2.45. The highest BCUT2D eigenvalue weighted by atomic mass is 32.2. The number of sulfonamides is 1. The van der Waals surface area contributed by atoms with Crippen molar-refractivity contribution < 1.29 is 17.6 Å². The predicted octanol–water partition coefficient (Wildman–Crippen LogP) is 3.89. The molecule has 1 aliphatic rings. The maximum absolute atomic E-state index is 14.2. The minimum atomic E-state index is -4.26. The smallest absolute Gasteiger partial charge is 0.293 e. The molecule has 0 aliphatic carbocycles. The Bertz CT molecular complexity index is 1460. The third-order valence-corrected chi connectivity index (χ3v) is 7.19. The molecule has 0 spiro atoms. The zero-order chi connectivity index (χ0) is 21.9. The van der Waals surface area contributed by atoms with Crippen LogP contribution in [-0.2, 0) is 16.4 Å². The first kappa shape index (κ1) is 19.9. The molecule has 0 fully saturated rings. The molecule has 4 aromatic rings. The molecule has 2 N–H and O–H groups in total. The molecule has 0 saturated heterocycles. The number of primary sulfonamides is 1. The molecule has 2 aromatic carbocycles. The minimum Gasteiger partial charge on any atom is -0.293 e. The zero-order valence-electron chi connectivity index (χ0n) is 16.4. The van der Waals surface area contributed by atoms with E-state index >= 15 is 0 Å². The number of hydrogen-bond donors (Lipinski definition) is 1. The maximum Gasteiger partial charge on any atom is 0.333 e. The highest BCUT2D eigenvalue weighted by Crippen LogP contribution is 2.31. The first-order valence-electron chi connectivity index (χ1n) is 9.44. The Morgan fingerprint density at radius 1 is 1.16 bits per heavy atom. The Morgan fingerprint density at radius 2 is 1.90 bits per heavy atom. The highest BCUT2D eigenvalue weighted by Gasteiger charge is 2.28. The van der Waals surface area contributed by atoms with Crippen LogP contribution in [0.5, 0.6) is 0 Å². The summed E-state index contributed by atoms with van der Waals surface area (Å²) in [6.07, 6.45) is 2.36. The van der Waals surface area contributed by atoms with Crippen molar-refractivity contribution >= 4 is 44.0 Å². The van der Waals surface area contributed by atoms with E-state index in [4.69, 9.17) is 5.14 Å². The van der Waals surface area contributed by atoms with Crippen LogP contribution >= 0.6 is 11.3 Å². The number of nitrogens with zero attached hydrogens (tertiary/aromatic N) is 3. The third-order valence-electron chi connectivity index (χ3n) is 5.30. The Balaban J connectivity index is 1.55. The minimum absolute atomic E-state index is 0.310. The van der Waals surface area contributed by atoms with E-state index in [0.717, 1.165) is 27.6 Å². The number of carbonyl (C=O) groups is 1. The standard InChI is InChI=1S/C21H17FN4O3S2/c1-12-11-24-20(30-12)13-2-4-15(5-3-13)25-7-6-16-8-14-9-17(22)19(31(23,28)29)10-18(14)26(16)21(25)27/h2-5,8-11H,6-7H2,1H3,(H2,23,28,29). The van der Waals surface area contributed by atoms with Crippen molar-refractivity contribution in [1.82, 2.24) is 9.55 Å². The molecule has 158 valence electrons. The fourth-order valence-electron chi connectivity index (χ4n) is 3.85. The number of anilines is 1. The molecule has 2 aromatic heterocycles. The number of aromatic nitrogens is 2. The van der Waals surface area contributed by atoms with E-state index in [1.54, 1.807) is 22.3 Å². The van der Waals surface area contributed by atoms with Gasteiger partial charge in [-0.3, -0.25) is 9.47 Å². The number of fused-ring (bicyclic) bond motifs is 3. The maximum atomic E-state index is 14.2. The first-order valence-corrected chi connectivity index (χ1v) is 11.8. The molecule has 31 heavy (non-hydrogen) atoms. The lowest BCUT2D eigenvalue weighted by Crippen LogP contribution is -2.41. The molecule has 1 aliphatic heterocycles. The lowest BCUT2D eigenvalue weighted by molar-refractivity contribution is 0.246. The van der Waals surface area contributed by atoms with Gasteiger partial charge in [-0.2, -0.15) is 0 Å². The summed E-state index contributed by atoms with van der Waals surface area (Å²) in [7, 11) is -4.26. The number of nitrogens with two attached hydrogens (primary N) is 1. The topological polar surface area (TPSA) is 98.3 Å². The molecule has 1 amide bonds. The predicted molar refractivity (Wildman–Crippen MR) is 117 cm³/mol. The number of halogens is 1. The normalized spacial score (nSPS) is 14.3. The SMILES string of the molecule is Cc1cnc(-c2ccc(N3CCc4cc5cc(F)c(S(N)(=O)=O)cc5n4C3=O)cc2)s1. The summed E-state index contributed by atoms with van der Waals surface area (Å²) in [4.78, 5) is 19.8. The molecular formula is C21H17FN4O3S2.